The molecule has 2 aromatic rings. The van der Waals surface area contributed by atoms with Crippen LogP contribution in [0.1, 0.15) is 43.8 Å². The molecule has 1 saturated carbocycles. The fourth-order valence-corrected chi connectivity index (χ4v) is 2.57. The van der Waals surface area contributed by atoms with Crippen LogP contribution in [-0.4, -0.2) is 20.6 Å². The molecule has 0 aliphatic heterocycles. The van der Waals surface area contributed by atoms with E-state index in [1.807, 2.05) is 4.57 Å². The number of carboxylic acids is 1. The van der Waals surface area contributed by atoms with Gasteiger partial charge >= 0.3 is 5.97 Å². The molecular formula is C15H16F2N2O2. The average molecular weight is 294 g/mol. The van der Waals surface area contributed by atoms with Crippen LogP contribution in [0.5, 0.6) is 0 Å². The Kier molecular flexibility index (Phi) is 3.61. The van der Waals surface area contributed by atoms with Crippen molar-refractivity contribution in [1.82, 2.24) is 9.55 Å². The molecule has 0 saturated heterocycles. The molecule has 1 aromatic heterocycles. The molecule has 1 aliphatic rings. The van der Waals surface area contributed by atoms with Gasteiger partial charge in [-0.05, 0) is 25.7 Å². The number of aliphatic carboxylic acids is 1. The number of hydrogen-bond acceptors (Lipinski definition) is 2. The van der Waals surface area contributed by atoms with Crippen LogP contribution < -0.4 is 0 Å². The Balaban J connectivity index is 1.88. The summed E-state index contributed by atoms with van der Waals surface area (Å²) in [6, 6.07) is 2.31. The van der Waals surface area contributed by atoms with E-state index in [1.54, 1.807) is 0 Å². The maximum Gasteiger partial charge on any atom is 0.303 e. The molecule has 0 atom stereocenters. The van der Waals surface area contributed by atoms with E-state index in [9.17, 15) is 13.6 Å². The number of aryl methyl sites for hydroxylation is 1. The topological polar surface area (TPSA) is 55.1 Å². The van der Waals surface area contributed by atoms with Gasteiger partial charge in [0.25, 0.3) is 0 Å². The van der Waals surface area contributed by atoms with Gasteiger partial charge in [0.2, 0.25) is 0 Å². The largest absolute Gasteiger partial charge is 0.481 e. The minimum atomic E-state index is -0.889. The maximum absolute atomic E-state index is 13.5. The van der Waals surface area contributed by atoms with Crippen LogP contribution in [0.3, 0.4) is 0 Å². The summed E-state index contributed by atoms with van der Waals surface area (Å²) in [7, 11) is 0. The Morgan fingerprint density at radius 3 is 2.67 bits per heavy atom. The van der Waals surface area contributed by atoms with Crippen LogP contribution in [0.15, 0.2) is 12.1 Å². The second kappa shape index (κ2) is 5.42. The number of carboxylic acid groups (broad SMARTS) is 1. The minimum absolute atomic E-state index is 0.119. The minimum Gasteiger partial charge on any atom is -0.481 e. The lowest BCUT2D eigenvalue weighted by Crippen LogP contribution is -2.04. The number of halogens is 2. The monoisotopic (exact) mass is 294 g/mol. The van der Waals surface area contributed by atoms with Crippen molar-refractivity contribution in [1.29, 1.82) is 0 Å². The highest BCUT2D eigenvalue weighted by Gasteiger charge is 2.29. The standard InChI is InChI=1S/C15H16F2N2O2/c16-10-7-12-13(8-11(10)17)19(6-2-1-3-14(20)21)15(18-12)9-4-5-9/h7-9H,1-6H2,(H,20,21). The number of nitrogens with zero attached hydrogens (tertiary/aromatic N) is 2. The normalized spacial score (nSPS) is 14.8. The second-order valence-corrected chi connectivity index (χ2v) is 5.50. The zero-order valence-corrected chi connectivity index (χ0v) is 11.5. The summed E-state index contributed by atoms with van der Waals surface area (Å²) in [5.74, 6) is -1.36. The highest BCUT2D eigenvalue weighted by molar-refractivity contribution is 5.76. The van der Waals surface area contributed by atoms with Gasteiger partial charge in [0.15, 0.2) is 11.6 Å². The molecule has 1 fully saturated rings. The first-order valence-electron chi connectivity index (χ1n) is 7.13. The highest BCUT2D eigenvalue weighted by Crippen LogP contribution is 2.41. The van der Waals surface area contributed by atoms with Gasteiger partial charge < -0.3 is 9.67 Å². The van der Waals surface area contributed by atoms with Gasteiger partial charge in [-0.3, -0.25) is 4.79 Å². The van der Waals surface area contributed by atoms with E-state index in [2.05, 4.69) is 4.98 Å². The summed E-state index contributed by atoms with van der Waals surface area (Å²) >= 11 is 0. The van der Waals surface area contributed by atoms with Crippen LogP contribution in [0.2, 0.25) is 0 Å². The summed E-state index contributed by atoms with van der Waals surface area (Å²) in [6.45, 7) is 0.584. The van der Waals surface area contributed by atoms with Crippen LogP contribution >= 0.6 is 0 Å². The molecule has 0 spiro atoms. The maximum atomic E-state index is 13.5. The van der Waals surface area contributed by atoms with Crippen molar-refractivity contribution in [2.45, 2.75) is 44.6 Å². The lowest BCUT2D eigenvalue weighted by molar-refractivity contribution is -0.137. The molecule has 1 heterocycles. The van der Waals surface area contributed by atoms with Crippen molar-refractivity contribution in [3.8, 4) is 0 Å². The fourth-order valence-electron chi connectivity index (χ4n) is 2.57. The number of unbranched alkanes of at least 4 members (excludes halogenated alkanes) is 1. The van der Waals surface area contributed by atoms with E-state index in [-0.39, 0.29) is 6.42 Å². The molecule has 1 aliphatic carbocycles. The van der Waals surface area contributed by atoms with Crippen molar-refractivity contribution in [2.75, 3.05) is 0 Å². The molecule has 0 unspecified atom stereocenters. The van der Waals surface area contributed by atoms with Gasteiger partial charge in [-0.2, -0.15) is 0 Å². The zero-order chi connectivity index (χ0) is 15.0. The third kappa shape index (κ3) is 2.89. The number of rotatable bonds is 6. The molecule has 21 heavy (non-hydrogen) atoms. The Morgan fingerprint density at radius 1 is 1.29 bits per heavy atom. The van der Waals surface area contributed by atoms with E-state index < -0.39 is 17.6 Å². The van der Waals surface area contributed by atoms with E-state index in [4.69, 9.17) is 5.11 Å². The van der Waals surface area contributed by atoms with Gasteiger partial charge in [0.1, 0.15) is 5.82 Å². The third-order valence-corrected chi connectivity index (χ3v) is 3.78. The SMILES string of the molecule is O=C(O)CCCCn1c(C2CC2)nc2cc(F)c(F)cc21. The predicted octanol–water partition coefficient (Wildman–Crippen LogP) is 3.45. The summed E-state index contributed by atoms with van der Waals surface area (Å²) in [6.07, 6.45) is 3.44. The Bertz CT molecular complexity index is 693. The first kappa shape index (κ1) is 14.0. The Hall–Kier alpha value is -1.98. The number of carbonyl (C=O) groups is 1. The number of hydrogen-bond donors (Lipinski definition) is 1. The predicted molar refractivity (Wildman–Crippen MR) is 73.1 cm³/mol. The molecule has 1 N–H and O–H groups in total. The van der Waals surface area contributed by atoms with Crippen LogP contribution in [0.4, 0.5) is 8.78 Å². The number of fused-ring (bicyclic) bond motifs is 1. The summed E-state index contributed by atoms with van der Waals surface area (Å²) in [5, 5.41) is 8.65. The van der Waals surface area contributed by atoms with E-state index in [0.717, 1.165) is 24.7 Å². The van der Waals surface area contributed by atoms with E-state index >= 15 is 0 Å². The Labute approximate surface area is 120 Å². The quantitative estimate of drug-likeness (QED) is 0.830. The molecule has 1 aromatic carbocycles. The lowest BCUT2D eigenvalue weighted by Gasteiger charge is -2.08. The average Bonchev–Trinajstić information content (AvgIpc) is 3.20. The van der Waals surface area contributed by atoms with Gasteiger partial charge in [-0.15, -0.1) is 0 Å². The number of imidazole rings is 1. The fraction of sp³-hybridized carbons (Fsp3) is 0.467. The molecule has 0 amide bonds. The summed E-state index contributed by atoms with van der Waals surface area (Å²) in [5.41, 5.74) is 1.06. The molecule has 112 valence electrons. The van der Waals surface area contributed by atoms with Gasteiger partial charge in [0.05, 0.1) is 11.0 Å². The molecule has 3 rings (SSSR count). The lowest BCUT2D eigenvalue weighted by atomic mass is 10.2. The number of aromatic nitrogens is 2. The molecule has 0 bridgehead atoms. The van der Waals surface area contributed by atoms with E-state index in [0.29, 0.717) is 36.3 Å². The third-order valence-electron chi connectivity index (χ3n) is 3.78. The van der Waals surface area contributed by atoms with Crippen LogP contribution in [0, 0.1) is 11.6 Å². The van der Waals surface area contributed by atoms with Crippen molar-refractivity contribution >= 4 is 17.0 Å². The van der Waals surface area contributed by atoms with Crippen molar-refractivity contribution < 1.29 is 18.7 Å². The highest BCUT2D eigenvalue weighted by atomic mass is 19.2. The first-order valence-corrected chi connectivity index (χ1v) is 7.13. The molecule has 6 heteroatoms. The van der Waals surface area contributed by atoms with Crippen LogP contribution in [-0.2, 0) is 11.3 Å². The van der Waals surface area contributed by atoms with E-state index in [1.165, 1.54) is 6.07 Å². The molecule has 4 nitrogen and oxygen atoms in total. The van der Waals surface area contributed by atoms with Crippen molar-refractivity contribution in [2.24, 2.45) is 0 Å². The van der Waals surface area contributed by atoms with Crippen molar-refractivity contribution in [3.63, 3.8) is 0 Å². The molecular weight excluding hydrogens is 278 g/mol. The van der Waals surface area contributed by atoms with Gasteiger partial charge in [-0.1, -0.05) is 0 Å². The summed E-state index contributed by atoms with van der Waals surface area (Å²) in [4.78, 5) is 15.0. The van der Waals surface area contributed by atoms with Crippen molar-refractivity contribution in [3.05, 3.63) is 29.6 Å². The first-order chi connectivity index (χ1) is 10.1. The van der Waals surface area contributed by atoms with Gasteiger partial charge in [-0.25, -0.2) is 13.8 Å². The summed E-state index contributed by atoms with van der Waals surface area (Å²) < 4.78 is 28.7. The smallest absolute Gasteiger partial charge is 0.303 e. The number of benzene rings is 1. The van der Waals surface area contributed by atoms with Crippen LogP contribution in [0.25, 0.3) is 11.0 Å². The van der Waals surface area contributed by atoms with Gasteiger partial charge in [0, 0.05) is 31.0 Å². The molecule has 0 radical (unpaired) electrons. The Morgan fingerprint density at radius 2 is 2.00 bits per heavy atom. The second-order valence-electron chi connectivity index (χ2n) is 5.50. The zero-order valence-electron chi connectivity index (χ0n) is 11.5.